The Morgan fingerprint density at radius 3 is 2.64 bits per heavy atom. The van der Waals surface area contributed by atoms with Crippen molar-refractivity contribution in [2.24, 2.45) is 0 Å². The summed E-state index contributed by atoms with van der Waals surface area (Å²) in [6.45, 7) is 5.37. The first-order valence-corrected chi connectivity index (χ1v) is 9.12. The molecule has 0 bridgehead atoms. The predicted molar refractivity (Wildman–Crippen MR) is 87.0 cm³/mol. The first kappa shape index (κ1) is 16.8. The van der Waals surface area contributed by atoms with E-state index < -0.39 is 16.2 Å². The highest BCUT2D eigenvalue weighted by Gasteiger charge is 2.30. The molecular formula is C16H23NO4S. The zero-order valence-corrected chi connectivity index (χ0v) is 14.1. The quantitative estimate of drug-likeness (QED) is 0.807. The largest absolute Gasteiger partial charge is 0.486 e. The van der Waals surface area contributed by atoms with Gasteiger partial charge in [0.15, 0.2) is 11.5 Å². The van der Waals surface area contributed by atoms with E-state index in [9.17, 15) is 9.00 Å². The molecule has 122 valence electrons. The van der Waals surface area contributed by atoms with Crippen LogP contribution in [0.15, 0.2) is 18.2 Å². The summed E-state index contributed by atoms with van der Waals surface area (Å²) < 4.78 is 22.1. The van der Waals surface area contributed by atoms with Gasteiger partial charge in [0, 0.05) is 29.4 Å². The number of ether oxygens (including phenoxy) is 2. The average molecular weight is 325 g/mol. The molecule has 1 aromatic carbocycles. The van der Waals surface area contributed by atoms with Gasteiger partial charge in [-0.2, -0.15) is 0 Å². The number of nitrogens with one attached hydrogen (secondary N) is 1. The third kappa shape index (κ3) is 4.00. The van der Waals surface area contributed by atoms with Crippen LogP contribution in [0.25, 0.3) is 0 Å². The van der Waals surface area contributed by atoms with E-state index in [-0.39, 0.29) is 5.91 Å². The second kappa shape index (κ2) is 7.13. The van der Waals surface area contributed by atoms with Gasteiger partial charge < -0.3 is 14.8 Å². The summed E-state index contributed by atoms with van der Waals surface area (Å²) in [4.78, 5) is 12.4. The van der Waals surface area contributed by atoms with Crippen molar-refractivity contribution in [3.8, 4) is 11.5 Å². The number of carbonyl (C=O) groups is 1. The van der Waals surface area contributed by atoms with Crippen molar-refractivity contribution in [3.05, 3.63) is 23.8 Å². The number of carbonyl (C=O) groups excluding carboxylic acids is 1. The molecule has 1 unspecified atom stereocenters. The van der Waals surface area contributed by atoms with Gasteiger partial charge in [0.1, 0.15) is 13.2 Å². The van der Waals surface area contributed by atoms with Crippen molar-refractivity contribution < 1.29 is 18.5 Å². The first-order chi connectivity index (χ1) is 10.4. The summed E-state index contributed by atoms with van der Waals surface area (Å²) >= 11 is 0. The van der Waals surface area contributed by atoms with E-state index in [1.807, 2.05) is 32.0 Å². The van der Waals surface area contributed by atoms with E-state index >= 15 is 0 Å². The molecule has 1 heterocycles. The second-order valence-electron chi connectivity index (χ2n) is 5.87. The summed E-state index contributed by atoms with van der Waals surface area (Å²) in [7, 11) is -0.821. The van der Waals surface area contributed by atoms with E-state index in [2.05, 4.69) is 5.32 Å². The van der Waals surface area contributed by atoms with Crippen LogP contribution in [0.3, 0.4) is 0 Å². The van der Waals surface area contributed by atoms with Crippen molar-refractivity contribution in [3.63, 3.8) is 0 Å². The average Bonchev–Trinajstić information content (AvgIpc) is 2.50. The number of rotatable bonds is 6. The molecule has 0 saturated heterocycles. The van der Waals surface area contributed by atoms with Gasteiger partial charge in [0.2, 0.25) is 5.91 Å². The summed E-state index contributed by atoms with van der Waals surface area (Å²) in [6.07, 6.45) is 2.38. The number of amides is 1. The van der Waals surface area contributed by atoms with Gasteiger partial charge in [0.05, 0.1) is 5.41 Å². The first-order valence-electron chi connectivity index (χ1n) is 7.39. The Kier molecular flexibility index (Phi) is 5.45. The Balaban J connectivity index is 2.02. The monoisotopic (exact) mass is 325 g/mol. The van der Waals surface area contributed by atoms with Gasteiger partial charge in [-0.25, -0.2) is 0 Å². The van der Waals surface area contributed by atoms with Crippen LogP contribution in [-0.2, 0) is 21.0 Å². The molecule has 0 radical (unpaired) electrons. The Hall–Kier alpha value is -1.56. The predicted octanol–water partition coefficient (Wildman–Crippen LogP) is 1.62. The molecule has 6 heteroatoms. The molecule has 1 N–H and O–H groups in total. The zero-order chi connectivity index (χ0) is 16.2. The van der Waals surface area contributed by atoms with Crippen LogP contribution in [0.5, 0.6) is 11.5 Å². The lowest BCUT2D eigenvalue weighted by Crippen LogP contribution is -2.40. The highest BCUT2D eigenvalue weighted by atomic mass is 32.2. The molecule has 0 fully saturated rings. The molecule has 22 heavy (non-hydrogen) atoms. The fourth-order valence-corrected chi connectivity index (χ4v) is 2.81. The van der Waals surface area contributed by atoms with Gasteiger partial charge in [-0.05, 0) is 38.0 Å². The van der Waals surface area contributed by atoms with E-state index in [4.69, 9.17) is 9.47 Å². The molecule has 1 aliphatic heterocycles. The number of fused-ring (bicyclic) bond motifs is 1. The Labute approximate surface area is 133 Å². The Morgan fingerprint density at radius 2 is 1.95 bits per heavy atom. The molecule has 0 saturated carbocycles. The maximum absolute atomic E-state index is 12.4. The fraction of sp³-hybridized carbons (Fsp3) is 0.562. The highest BCUT2D eigenvalue weighted by molar-refractivity contribution is 7.84. The molecule has 0 aromatic heterocycles. The number of hydrogen-bond acceptors (Lipinski definition) is 4. The van der Waals surface area contributed by atoms with Crippen LogP contribution < -0.4 is 14.8 Å². The van der Waals surface area contributed by atoms with Crippen molar-refractivity contribution in [1.29, 1.82) is 0 Å². The molecule has 0 spiro atoms. The van der Waals surface area contributed by atoms with Crippen LogP contribution in [0.4, 0.5) is 0 Å². The molecule has 2 rings (SSSR count). The van der Waals surface area contributed by atoms with Crippen LogP contribution in [0.2, 0.25) is 0 Å². The topological polar surface area (TPSA) is 64.6 Å². The van der Waals surface area contributed by atoms with E-state index in [0.29, 0.717) is 37.7 Å². The second-order valence-corrected chi connectivity index (χ2v) is 7.42. The van der Waals surface area contributed by atoms with Crippen molar-refractivity contribution in [1.82, 2.24) is 5.32 Å². The summed E-state index contributed by atoms with van der Waals surface area (Å²) in [5.74, 6) is 1.96. The smallest absolute Gasteiger partial charge is 0.230 e. The maximum atomic E-state index is 12.4. The van der Waals surface area contributed by atoms with Gasteiger partial charge in [-0.1, -0.05) is 6.07 Å². The van der Waals surface area contributed by atoms with Crippen molar-refractivity contribution in [2.75, 3.05) is 31.8 Å². The molecule has 1 amide bonds. The highest BCUT2D eigenvalue weighted by Crippen LogP contribution is 2.35. The lowest BCUT2D eigenvalue weighted by molar-refractivity contribution is -0.125. The lowest BCUT2D eigenvalue weighted by Gasteiger charge is -2.26. The minimum Gasteiger partial charge on any atom is -0.486 e. The van der Waals surface area contributed by atoms with Gasteiger partial charge >= 0.3 is 0 Å². The van der Waals surface area contributed by atoms with Gasteiger partial charge in [-0.15, -0.1) is 0 Å². The van der Waals surface area contributed by atoms with Gasteiger partial charge in [-0.3, -0.25) is 9.00 Å². The van der Waals surface area contributed by atoms with Crippen LogP contribution >= 0.6 is 0 Å². The minimum atomic E-state index is -0.821. The SMILES string of the molecule is CS(=O)CCCNC(=O)C(C)(C)c1ccc2c(c1)OCCO2. The van der Waals surface area contributed by atoms with E-state index in [0.717, 1.165) is 11.3 Å². The lowest BCUT2D eigenvalue weighted by atomic mass is 9.83. The summed E-state index contributed by atoms with van der Waals surface area (Å²) in [5.41, 5.74) is 0.217. The zero-order valence-electron chi connectivity index (χ0n) is 13.3. The standard InChI is InChI=1S/C16H23NO4S/c1-16(2,15(18)17-7-4-10-22(3)19)12-5-6-13-14(11-12)21-9-8-20-13/h5-6,11H,4,7-10H2,1-3H3,(H,17,18). The van der Waals surface area contributed by atoms with Crippen molar-refractivity contribution >= 4 is 16.7 Å². The van der Waals surface area contributed by atoms with Crippen molar-refractivity contribution in [2.45, 2.75) is 25.7 Å². The maximum Gasteiger partial charge on any atom is 0.230 e. The molecule has 0 aliphatic carbocycles. The molecule has 5 nitrogen and oxygen atoms in total. The van der Waals surface area contributed by atoms with Crippen LogP contribution in [0.1, 0.15) is 25.8 Å². The third-order valence-electron chi connectivity index (χ3n) is 3.73. The number of benzene rings is 1. The minimum absolute atomic E-state index is 0.0499. The third-order valence-corrected chi connectivity index (χ3v) is 4.59. The molecule has 1 atom stereocenters. The van der Waals surface area contributed by atoms with Gasteiger partial charge in [0.25, 0.3) is 0 Å². The fourth-order valence-electron chi connectivity index (χ4n) is 2.26. The normalized spacial score (nSPS) is 15.2. The Bertz CT molecular complexity index is 571. The molecule has 1 aliphatic rings. The number of hydrogen-bond donors (Lipinski definition) is 1. The van der Waals surface area contributed by atoms with Crippen LogP contribution in [0, 0.1) is 0 Å². The molecular weight excluding hydrogens is 302 g/mol. The van der Waals surface area contributed by atoms with E-state index in [1.54, 1.807) is 6.26 Å². The molecule has 1 aromatic rings. The summed E-state index contributed by atoms with van der Waals surface area (Å²) in [5, 5.41) is 2.91. The van der Waals surface area contributed by atoms with E-state index in [1.165, 1.54) is 0 Å². The summed E-state index contributed by atoms with van der Waals surface area (Å²) in [6, 6.07) is 5.61. The van der Waals surface area contributed by atoms with Crippen LogP contribution in [-0.4, -0.2) is 41.9 Å². The Morgan fingerprint density at radius 1 is 1.27 bits per heavy atom.